The van der Waals surface area contributed by atoms with Crippen LogP contribution in [0.3, 0.4) is 0 Å². The minimum atomic E-state index is 0.622. The third-order valence-corrected chi connectivity index (χ3v) is 5.15. The van der Waals surface area contributed by atoms with Crippen molar-refractivity contribution in [2.45, 2.75) is 12.8 Å². The Morgan fingerprint density at radius 3 is 2.69 bits per heavy atom. The third kappa shape index (κ3) is 3.58. The molecule has 2 aliphatic heterocycles. The van der Waals surface area contributed by atoms with Crippen molar-refractivity contribution >= 4 is 17.6 Å². The molecule has 0 amide bonds. The molecule has 1 aromatic heterocycles. The van der Waals surface area contributed by atoms with Gasteiger partial charge in [-0.25, -0.2) is 4.98 Å². The number of dihydropyridines is 1. The fourth-order valence-corrected chi connectivity index (χ4v) is 3.32. The number of anilines is 2. The number of nitrogens with zero attached hydrogens (tertiary/aromatic N) is 5. The van der Waals surface area contributed by atoms with Gasteiger partial charge in [-0.15, -0.1) is 0 Å². The van der Waals surface area contributed by atoms with Crippen LogP contribution in [-0.2, 0) is 0 Å². The van der Waals surface area contributed by atoms with Crippen LogP contribution >= 0.6 is 0 Å². The van der Waals surface area contributed by atoms with E-state index in [2.05, 4.69) is 44.8 Å². The summed E-state index contributed by atoms with van der Waals surface area (Å²) in [6.45, 7) is 8.67. The average Bonchev–Trinajstić information content (AvgIpc) is 3.49. The quantitative estimate of drug-likeness (QED) is 0.892. The van der Waals surface area contributed by atoms with Crippen molar-refractivity contribution in [3.8, 4) is 5.75 Å². The number of hydrogen-bond donors (Lipinski definition) is 1. The Labute approximate surface area is 154 Å². The van der Waals surface area contributed by atoms with Crippen molar-refractivity contribution in [2.24, 2.45) is 10.9 Å². The first kappa shape index (κ1) is 17.0. The lowest BCUT2D eigenvalue weighted by atomic mass is 10.0. The molecule has 4 rings (SSSR count). The summed E-state index contributed by atoms with van der Waals surface area (Å²) in [7, 11) is 3.77. The van der Waals surface area contributed by atoms with Crippen LogP contribution in [0, 0.1) is 5.92 Å². The Bertz CT molecular complexity index is 759. The molecule has 0 atom stereocenters. The van der Waals surface area contributed by atoms with Gasteiger partial charge in [0, 0.05) is 26.2 Å². The Morgan fingerprint density at radius 2 is 2.00 bits per heavy atom. The summed E-state index contributed by atoms with van der Waals surface area (Å²) in [6.07, 6.45) is 6.35. The van der Waals surface area contributed by atoms with Crippen molar-refractivity contribution < 1.29 is 4.74 Å². The first-order valence-corrected chi connectivity index (χ1v) is 9.20. The van der Waals surface area contributed by atoms with Gasteiger partial charge in [0.2, 0.25) is 5.95 Å². The number of hydrogen-bond acceptors (Lipinski definition) is 7. The van der Waals surface area contributed by atoms with Gasteiger partial charge in [0.25, 0.3) is 0 Å². The van der Waals surface area contributed by atoms with Crippen molar-refractivity contribution in [1.29, 1.82) is 0 Å². The van der Waals surface area contributed by atoms with Crippen molar-refractivity contribution in [3.05, 3.63) is 30.0 Å². The number of rotatable bonds is 4. The fraction of sp³-hybridized carbons (Fsp3) is 0.526. The number of methoxy groups -OCH3 is 1. The summed E-state index contributed by atoms with van der Waals surface area (Å²) in [4.78, 5) is 18.3. The molecule has 1 aliphatic carbocycles. The third-order valence-electron chi connectivity index (χ3n) is 5.15. The largest absolute Gasteiger partial charge is 0.491 e. The predicted molar refractivity (Wildman–Crippen MR) is 104 cm³/mol. The van der Waals surface area contributed by atoms with Gasteiger partial charge in [0.15, 0.2) is 11.6 Å². The van der Waals surface area contributed by atoms with Crippen molar-refractivity contribution in [3.63, 3.8) is 0 Å². The standard InChI is InChI=1S/C19H26N6O/c1-13-11-20-17(10-15(13)14-4-5-14)22-18-16(26-3)12-21-19(23-18)25-8-6-24(2)7-9-25/h10,12,14H,1,4-9,11H2,2-3H3,(H,20,21,22,23). The zero-order valence-electron chi connectivity index (χ0n) is 15.5. The maximum Gasteiger partial charge on any atom is 0.227 e. The Kier molecular flexibility index (Phi) is 4.63. The number of aromatic nitrogens is 2. The molecule has 0 aromatic carbocycles. The molecule has 0 spiro atoms. The van der Waals surface area contributed by atoms with Crippen LogP contribution < -0.4 is 15.0 Å². The molecule has 7 heteroatoms. The van der Waals surface area contributed by atoms with Crippen LogP contribution in [0.25, 0.3) is 0 Å². The van der Waals surface area contributed by atoms with Crippen LogP contribution in [0.2, 0.25) is 0 Å². The van der Waals surface area contributed by atoms with E-state index in [0.29, 0.717) is 24.0 Å². The highest BCUT2D eigenvalue weighted by Crippen LogP contribution is 2.40. The number of amidine groups is 1. The van der Waals surface area contributed by atoms with E-state index in [1.807, 2.05) is 0 Å². The summed E-state index contributed by atoms with van der Waals surface area (Å²) in [5.74, 6) is 3.49. The molecule has 0 radical (unpaired) electrons. The molecule has 0 bridgehead atoms. The Balaban J connectivity index is 1.55. The molecule has 26 heavy (non-hydrogen) atoms. The lowest BCUT2D eigenvalue weighted by Gasteiger charge is -2.32. The minimum absolute atomic E-state index is 0.622. The number of piperazine rings is 1. The summed E-state index contributed by atoms with van der Waals surface area (Å²) >= 11 is 0. The maximum atomic E-state index is 5.45. The zero-order valence-corrected chi connectivity index (χ0v) is 15.5. The first-order valence-electron chi connectivity index (χ1n) is 9.20. The Hall–Kier alpha value is -2.41. The molecule has 2 fully saturated rings. The molecule has 0 unspecified atom stereocenters. The van der Waals surface area contributed by atoms with Gasteiger partial charge < -0.3 is 19.9 Å². The highest BCUT2D eigenvalue weighted by atomic mass is 16.5. The number of ether oxygens (including phenoxy) is 1. The highest BCUT2D eigenvalue weighted by Gasteiger charge is 2.29. The molecule has 7 nitrogen and oxygen atoms in total. The van der Waals surface area contributed by atoms with E-state index in [1.54, 1.807) is 13.3 Å². The lowest BCUT2D eigenvalue weighted by Crippen LogP contribution is -2.45. The van der Waals surface area contributed by atoms with E-state index in [0.717, 1.165) is 43.5 Å². The van der Waals surface area contributed by atoms with Gasteiger partial charge in [-0.3, -0.25) is 4.99 Å². The maximum absolute atomic E-state index is 5.45. The number of nitrogens with one attached hydrogen (secondary N) is 1. The van der Waals surface area contributed by atoms with Crippen LogP contribution in [0.5, 0.6) is 5.75 Å². The smallest absolute Gasteiger partial charge is 0.227 e. The normalized spacial score (nSPS) is 21.3. The summed E-state index contributed by atoms with van der Waals surface area (Å²) in [6, 6.07) is 0. The molecular formula is C19H26N6O. The van der Waals surface area contributed by atoms with Gasteiger partial charge in [-0.1, -0.05) is 6.58 Å². The minimum Gasteiger partial charge on any atom is -0.491 e. The number of aliphatic imine (C=N–C) groups is 1. The van der Waals surface area contributed by atoms with E-state index in [-0.39, 0.29) is 0 Å². The highest BCUT2D eigenvalue weighted by molar-refractivity contribution is 6.05. The van der Waals surface area contributed by atoms with E-state index in [4.69, 9.17) is 9.72 Å². The second kappa shape index (κ2) is 7.07. The van der Waals surface area contributed by atoms with Gasteiger partial charge in [0.1, 0.15) is 5.84 Å². The molecule has 1 N–H and O–H groups in total. The lowest BCUT2D eigenvalue weighted by molar-refractivity contribution is 0.311. The SMILES string of the molecule is C=C1CN=C(Nc2nc(N3CCN(C)CC3)ncc2OC)C=C1C1CC1. The Morgan fingerprint density at radius 1 is 1.23 bits per heavy atom. The average molecular weight is 354 g/mol. The molecule has 1 aromatic rings. The van der Waals surface area contributed by atoms with Crippen molar-refractivity contribution in [1.82, 2.24) is 14.9 Å². The summed E-state index contributed by atoms with van der Waals surface area (Å²) < 4.78 is 5.45. The van der Waals surface area contributed by atoms with Gasteiger partial charge in [-0.05, 0) is 43.0 Å². The van der Waals surface area contributed by atoms with E-state index in [9.17, 15) is 0 Å². The first-order chi connectivity index (χ1) is 12.6. The second-order valence-corrected chi connectivity index (χ2v) is 7.18. The molecule has 1 saturated carbocycles. The fourth-order valence-electron chi connectivity index (χ4n) is 3.32. The molecule has 3 heterocycles. The monoisotopic (exact) mass is 354 g/mol. The molecule has 3 aliphatic rings. The van der Waals surface area contributed by atoms with Gasteiger partial charge >= 0.3 is 0 Å². The molecule has 1 saturated heterocycles. The molecule has 138 valence electrons. The van der Waals surface area contributed by atoms with Gasteiger partial charge in [0.05, 0.1) is 19.9 Å². The predicted octanol–water partition coefficient (Wildman–Crippen LogP) is 1.95. The van der Waals surface area contributed by atoms with Crippen LogP contribution in [0.1, 0.15) is 12.8 Å². The van der Waals surface area contributed by atoms with E-state index < -0.39 is 0 Å². The van der Waals surface area contributed by atoms with E-state index >= 15 is 0 Å². The zero-order chi connectivity index (χ0) is 18.1. The summed E-state index contributed by atoms with van der Waals surface area (Å²) in [5.41, 5.74) is 2.46. The van der Waals surface area contributed by atoms with E-state index in [1.165, 1.54) is 18.4 Å². The van der Waals surface area contributed by atoms with Crippen LogP contribution in [0.15, 0.2) is 35.0 Å². The van der Waals surface area contributed by atoms with Gasteiger partial charge in [-0.2, -0.15) is 4.98 Å². The second-order valence-electron chi connectivity index (χ2n) is 7.18. The molecular weight excluding hydrogens is 328 g/mol. The number of likely N-dealkylation sites (N-methyl/N-ethyl adjacent to an activating group) is 1. The van der Waals surface area contributed by atoms with Crippen molar-refractivity contribution in [2.75, 3.05) is 57.1 Å². The topological polar surface area (TPSA) is 65.9 Å². The summed E-state index contributed by atoms with van der Waals surface area (Å²) in [5, 5.41) is 3.34. The van der Waals surface area contributed by atoms with Crippen LogP contribution in [-0.4, -0.2) is 67.6 Å². The van der Waals surface area contributed by atoms with Crippen LogP contribution in [0.4, 0.5) is 11.8 Å².